The van der Waals surface area contributed by atoms with Crippen molar-refractivity contribution in [3.8, 4) is 0 Å². The number of carboxylic acids is 1. The zero-order valence-corrected chi connectivity index (χ0v) is 7.33. The monoisotopic (exact) mass is 186 g/mol. The molecule has 1 aliphatic carbocycles. The largest absolute Gasteiger partial charge is 0.481 e. The molecule has 0 aromatic carbocycles. The lowest BCUT2D eigenvalue weighted by molar-refractivity contribution is -0.142. The molecule has 1 aliphatic heterocycles. The van der Waals surface area contributed by atoms with Gasteiger partial charge in [-0.05, 0) is 19.3 Å². The molecule has 1 heterocycles. The van der Waals surface area contributed by atoms with Crippen molar-refractivity contribution in [3.05, 3.63) is 0 Å². The first-order chi connectivity index (χ1) is 5.77. The molecule has 5 heteroatoms. The molecule has 12 heavy (non-hydrogen) atoms. The molecule has 1 saturated carbocycles. The number of aliphatic carboxylic acids is 1. The van der Waals surface area contributed by atoms with E-state index in [1.54, 1.807) is 0 Å². The Bertz CT molecular complexity index is 231. The van der Waals surface area contributed by atoms with E-state index in [9.17, 15) is 4.79 Å². The molecule has 0 aromatic heterocycles. The molecule has 0 aromatic rings. The average Bonchev–Trinajstić information content (AvgIpc) is 2.49. The second-order valence-corrected chi connectivity index (χ2v) is 4.24. The number of nitrogens with zero attached hydrogens (tertiary/aromatic N) is 2. The third kappa shape index (κ3) is 1.33. The van der Waals surface area contributed by atoms with Crippen molar-refractivity contribution in [2.75, 3.05) is 0 Å². The minimum absolute atomic E-state index is 0.171. The predicted molar refractivity (Wildman–Crippen MR) is 45.0 cm³/mol. The molecular weight excluding hydrogens is 176 g/mol. The molecule has 66 valence electrons. The maximum Gasteiger partial charge on any atom is 0.306 e. The van der Waals surface area contributed by atoms with E-state index in [0.29, 0.717) is 11.7 Å². The highest BCUT2D eigenvalue weighted by Gasteiger charge is 2.36. The quantitative estimate of drug-likeness (QED) is 0.634. The van der Waals surface area contributed by atoms with Crippen LogP contribution in [0, 0.1) is 5.92 Å². The fraction of sp³-hybridized carbons (Fsp3) is 0.857. The first-order valence-corrected chi connectivity index (χ1v) is 4.90. The van der Waals surface area contributed by atoms with E-state index in [2.05, 4.69) is 9.63 Å². The number of hydrogen-bond acceptors (Lipinski definition) is 4. The second-order valence-electron chi connectivity index (χ2n) is 3.26. The van der Waals surface area contributed by atoms with Crippen LogP contribution in [0.1, 0.15) is 19.3 Å². The van der Waals surface area contributed by atoms with Gasteiger partial charge in [0.05, 0.1) is 17.2 Å². The van der Waals surface area contributed by atoms with Gasteiger partial charge in [-0.1, -0.05) is 0 Å². The van der Waals surface area contributed by atoms with Crippen molar-refractivity contribution < 1.29 is 9.90 Å². The van der Waals surface area contributed by atoms with Gasteiger partial charge >= 0.3 is 5.97 Å². The molecular formula is C7H10N2O2S. The summed E-state index contributed by atoms with van der Waals surface area (Å²) in [6.07, 6.45) is 2.41. The van der Waals surface area contributed by atoms with Crippen molar-refractivity contribution in [3.63, 3.8) is 0 Å². The van der Waals surface area contributed by atoms with Crippen LogP contribution in [0.15, 0.2) is 9.63 Å². The molecule has 4 nitrogen and oxygen atoms in total. The highest BCUT2D eigenvalue weighted by atomic mass is 32.2. The Kier molecular flexibility index (Phi) is 2.04. The van der Waals surface area contributed by atoms with E-state index in [-0.39, 0.29) is 12.0 Å². The molecule has 2 aliphatic rings. The number of rotatable bonds is 1. The zero-order chi connectivity index (χ0) is 8.55. The van der Waals surface area contributed by atoms with Crippen LogP contribution in [0.2, 0.25) is 0 Å². The maximum atomic E-state index is 10.7. The van der Waals surface area contributed by atoms with Gasteiger partial charge in [0.15, 0.2) is 0 Å². The normalized spacial score (nSPS) is 39.5. The van der Waals surface area contributed by atoms with Gasteiger partial charge in [0, 0.05) is 11.9 Å². The number of carbonyl (C=O) groups is 1. The minimum atomic E-state index is -0.680. The SMILES string of the molecule is O=C(O)C1CCC2SN=NC2C1. The number of carboxylic acid groups (broad SMARTS) is 1. The van der Waals surface area contributed by atoms with Crippen LogP contribution in [0.3, 0.4) is 0 Å². The Balaban J connectivity index is 2.00. The van der Waals surface area contributed by atoms with Crippen LogP contribution >= 0.6 is 11.9 Å². The second kappa shape index (κ2) is 3.05. The molecule has 0 bridgehead atoms. The van der Waals surface area contributed by atoms with Gasteiger partial charge in [-0.2, -0.15) is 5.11 Å². The van der Waals surface area contributed by atoms with Crippen LogP contribution in [-0.4, -0.2) is 22.4 Å². The Labute approximate surface area is 74.6 Å². The first kappa shape index (κ1) is 8.04. The van der Waals surface area contributed by atoms with Gasteiger partial charge in [0.1, 0.15) is 0 Å². The molecule has 1 N–H and O–H groups in total. The van der Waals surface area contributed by atoms with Gasteiger partial charge in [0.25, 0.3) is 0 Å². The molecule has 2 rings (SSSR count). The summed E-state index contributed by atoms with van der Waals surface area (Å²) in [6, 6.07) is 0.171. The lowest BCUT2D eigenvalue weighted by Gasteiger charge is -2.25. The van der Waals surface area contributed by atoms with Crippen molar-refractivity contribution >= 4 is 17.9 Å². The molecule has 3 unspecified atom stereocenters. The number of hydrogen-bond donors (Lipinski definition) is 1. The van der Waals surface area contributed by atoms with E-state index >= 15 is 0 Å². The zero-order valence-electron chi connectivity index (χ0n) is 6.51. The summed E-state index contributed by atoms with van der Waals surface area (Å²) >= 11 is 1.51. The van der Waals surface area contributed by atoms with Crippen LogP contribution in [-0.2, 0) is 4.79 Å². The summed E-state index contributed by atoms with van der Waals surface area (Å²) in [6.45, 7) is 0. The van der Waals surface area contributed by atoms with Gasteiger partial charge in [-0.3, -0.25) is 4.79 Å². The van der Waals surface area contributed by atoms with E-state index < -0.39 is 5.97 Å². The van der Waals surface area contributed by atoms with Crippen LogP contribution < -0.4 is 0 Å². The molecule has 3 atom stereocenters. The summed E-state index contributed by atoms with van der Waals surface area (Å²) in [5, 5.41) is 13.3. The highest BCUT2D eigenvalue weighted by molar-refractivity contribution is 7.98. The van der Waals surface area contributed by atoms with E-state index in [1.165, 1.54) is 11.9 Å². The van der Waals surface area contributed by atoms with E-state index in [1.807, 2.05) is 0 Å². The number of fused-ring (bicyclic) bond motifs is 1. The highest BCUT2D eigenvalue weighted by Crippen LogP contribution is 2.39. The molecule has 0 saturated heterocycles. The Morgan fingerprint density at radius 2 is 2.33 bits per heavy atom. The summed E-state index contributed by atoms with van der Waals surface area (Å²) in [5.74, 6) is -0.871. The molecule has 0 amide bonds. The Morgan fingerprint density at radius 3 is 3.08 bits per heavy atom. The van der Waals surface area contributed by atoms with Gasteiger partial charge < -0.3 is 5.11 Å². The fourth-order valence-corrected chi connectivity index (χ4v) is 2.58. The third-order valence-electron chi connectivity index (χ3n) is 2.48. The topological polar surface area (TPSA) is 62.0 Å². The Hall–Kier alpha value is -0.580. The smallest absolute Gasteiger partial charge is 0.306 e. The van der Waals surface area contributed by atoms with E-state index in [4.69, 9.17) is 5.11 Å². The lowest BCUT2D eigenvalue weighted by Crippen LogP contribution is -2.31. The summed E-state index contributed by atoms with van der Waals surface area (Å²) in [7, 11) is 0. The van der Waals surface area contributed by atoms with Crippen molar-refractivity contribution in [2.24, 2.45) is 15.6 Å². The van der Waals surface area contributed by atoms with E-state index in [0.717, 1.165) is 12.8 Å². The molecule has 0 radical (unpaired) electrons. The summed E-state index contributed by atoms with van der Waals surface area (Å²) in [4.78, 5) is 10.7. The Morgan fingerprint density at radius 1 is 1.50 bits per heavy atom. The van der Waals surface area contributed by atoms with Crippen LogP contribution in [0.25, 0.3) is 0 Å². The first-order valence-electron chi connectivity index (χ1n) is 4.06. The average molecular weight is 186 g/mol. The summed E-state index contributed by atoms with van der Waals surface area (Å²) in [5.41, 5.74) is 0. The molecule has 1 fully saturated rings. The van der Waals surface area contributed by atoms with Crippen LogP contribution in [0.5, 0.6) is 0 Å². The van der Waals surface area contributed by atoms with Gasteiger partial charge in [-0.25, -0.2) is 0 Å². The minimum Gasteiger partial charge on any atom is -0.481 e. The maximum absolute atomic E-state index is 10.7. The van der Waals surface area contributed by atoms with Gasteiger partial charge in [0.2, 0.25) is 0 Å². The summed E-state index contributed by atoms with van der Waals surface area (Å²) < 4.78 is 3.87. The standard InChI is InChI=1S/C7H10N2O2S/c10-7(11)4-1-2-6-5(3-4)8-9-12-6/h4-6H,1-3H2,(H,10,11). The predicted octanol–water partition coefficient (Wildman–Crippen LogP) is 1.72. The van der Waals surface area contributed by atoms with Gasteiger partial charge in [-0.15, -0.1) is 4.52 Å². The van der Waals surface area contributed by atoms with Crippen LogP contribution in [0.4, 0.5) is 0 Å². The fourth-order valence-electron chi connectivity index (χ4n) is 1.74. The molecule has 0 spiro atoms. The van der Waals surface area contributed by atoms with Crippen molar-refractivity contribution in [2.45, 2.75) is 30.6 Å². The lowest BCUT2D eigenvalue weighted by atomic mass is 9.86. The van der Waals surface area contributed by atoms with Crippen molar-refractivity contribution in [1.82, 2.24) is 0 Å². The third-order valence-corrected chi connectivity index (χ3v) is 3.49. The van der Waals surface area contributed by atoms with Crippen molar-refractivity contribution in [1.29, 1.82) is 0 Å².